The van der Waals surface area contributed by atoms with Gasteiger partial charge in [-0.25, -0.2) is 4.99 Å². The number of anilines is 1. The molecular weight excluding hydrogens is 304 g/mol. The van der Waals surface area contributed by atoms with Crippen molar-refractivity contribution in [2.45, 2.75) is 6.92 Å². The summed E-state index contributed by atoms with van der Waals surface area (Å²) in [7, 11) is 3.29. The van der Waals surface area contributed by atoms with E-state index in [2.05, 4.69) is 18.0 Å². The number of ether oxygens (including phenoxy) is 3. The van der Waals surface area contributed by atoms with E-state index in [-0.39, 0.29) is 5.41 Å². The summed E-state index contributed by atoms with van der Waals surface area (Å²) >= 11 is 0. The zero-order valence-electron chi connectivity index (χ0n) is 13.9. The number of hydrogen-bond acceptors (Lipinski definition) is 5. The maximum Gasteiger partial charge on any atom is 0.223 e. The van der Waals surface area contributed by atoms with Crippen LogP contribution < -0.4 is 10.5 Å². The molecule has 2 N–H and O–H groups in total. The SMILES string of the molecule is COC1=CC2=C(Oc3cccc(N)c3)N=CC3C(C)[C@]23C=C1OC. The van der Waals surface area contributed by atoms with Crippen LogP contribution in [0.5, 0.6) is 5.75 Å². The molecule has 1 heterocycles. The third-order valence-corrected chi connectivity index (χ3v) is 5.18. The molecule has 24 heavy (non-hydrogen) atoms. The topological polar surface area (TPSA) is 66.1 Å². The van der Waals surface area contributed by atoms with Crippen LogP contribution in [0.1, 0.15) is 6.92 Å². The second kappa shape index (κ2) is 5.16. The number of aliphatic imine (C=N–C) groups is 1. The van der Waals surface area contributed by atoms with Gasteiger partial charge in [-0.1, -0.05) is 13.0 Å². The maximum atomic E-state index is 6.04. The smallest absolute Gasteiger partial charge is 0.223 e. The maximum absolute atomic E-state index is 6.04. The van der Waals surface area contributed by atoms with Gasteiger partial charge in [-0.15, -0.1) is 0 Å². The number of methoxy groups -OCH3 is 2. The lowest BCUT2D eigenvalue weighted by molar-refractivity contribution is 0.213. The summed E-state index contributed by atoms with van der Waals surface area (Å²) in [5.74, 6) is 3.50. The molecule has 0 saturated heterocycles. The Kier molecular flexibility index (Phi) is 3.20. The predicted octanol–water partition coefficient (Wildman–Crippen LogP) is 3.27. The number of rotatable bonds is 4. The van der Waals surface area contributed by atoms with Crippen LogP contribution in [-0.2, 0) is 9.47 Å². The Bertz CT molecular complexity index is 822. The fraction of sp³-hybridized carbons (Fsp3) is 0.316. The molecule has 5 heteroatoms. The standard InChI is InChI=1S/C19H20N2O3/c1-11-15-10-21-18(24-13-6-4-5-12(20)7-13)14-8-16(22-2)17(23-3)9-19(11,14)15/h4-11,15H,20H2,1-3H3/t11?,15?,19-/m1/s1. The Morgan fingerprint density at radius 1 is 1.17 bits per heavy atom. The van der Waals surface area contributed by atoms with Crippen LogP contribution in [0.25, 0.3) is 0 Å². The molecule has 5 nitrogen and oxygen atoms in total. The molecule has 0 bridgehead atoms. The van der Waals surface area contributed by atoms with Crippen LogP contribution in [0.3, 0.4) is 0 Å². The van der Waals surface area contributed by atoms with E-state index >= 15 is 0 Å². The number of allylic oxidation sites excluding steroid dienone is 3. The van der Waals surface area contributed by atoms with E-state index in [4.69, 9.17) is 19.9 Å². The second-order valence-electron chi connectivity index (χ2n) is 6.34. The van der Waals surface area contributed by atoms with Gasteiger partial charge in [-0.2, -0.15) is 0 Å². The number of nitrogens with zero attached hydrogens (tertiary/aromatic N) is 1. The minimum Gasteiger partial charge on any atom is -0.493 e. The molecule has 124 valence electrons. The number of benzene rings is 1. The number of hydrogen-bond donors (Lipinski definition) is 1. The van der Waals surface area contributed by atoms with Gasteiger partial charge in [-0.3, -0.25) is 0 Å². The highest BCUT2D eigenvalue weighted by molar-refractivity contribution is 5.77. The average Bonchev–Trinajstić information content (AvgIpc) is 3.16. The van der Waals surface area contributed by atoms with Crippen molar-refractivity contribution in [3.63, 3.8) is 0 Å². The first kappa shape index (κ1) is 14.9. The van der Waals surface area contributed by atoms with Crippen molar-refractivity contribution in [3.05, 3.63) is 59.4 Å². The summed E-state index contributed by atoms with van der Waals surface area (Å²) in [6.07, 6.45) is 6.10. The van der Waals surface area contributed by atoms with Crippen molar-refractivity contribution in [3.8, 4) is 5.75 Å². The second-order valence-corrected chi connectivity index (χ2v) is 6.34. The monoisotopic (exact) mass is 324 g/mol. The summed E-state index contributed by atoms with van der Waals surface area (Å²) in [6.45, 7) is 2.22. The van der Waals surface area contributed by atoms with Gasteiger partial charge in [0.1, 0.15) is 5.75 Å². The molecule has 1 fully saturated rings. The minimum absolute atomic E-state index is 0.120. The Balaban J connectivity index is 1.79. The Hall–Kier alpha value is -2.69. The van der Waals surface area contributed by atoms with Gasteiger partial charge in [-0.05, 0) is 30.2 Å². The van der Waals surface area contributed by atoms with Crippen LogP contribution >= 0.6 is 0 Å². The zero-order chi connectivity index (χ0) is 16.9. The lowest BCUT2D eigenvalue weighted by Crippen LogP contribution is -2.20. The molecule has 1 spiro atoms. The Labute approximate surface area is 141 Å². The number of nitrogens with two attached hydrogens (primary N) is 1. The molecule has 2 aliphatic carbocycles. The Morgan fingerprint density at radius 2 is 1.96 bits per heavy atom. The highest BCUT2D eigenvalue weighted by Gasteiger charge is 2.65. The van der Waals surface area contributed by atoms with Crippen LogP contribution in [0.2, 0.25) is 0 Å². The first-order chi connectivity index (χ1) is 11.6. The third kappa shape index (κ3) is 1.97. The van der Waals surface area contributed by atoms with Crippen LogP contribution in [-0.4, -0.2) is 20.4 Å². The van der Waals surface area contributed by atoms with Gasteiger partial charge >= 0.3 is 0 Å². The van der Waals surface area contributed by atoms with E-state index in [0.29, 0.717) is 34.9 Å². The van der Waals surface area contributed by atoms with Gasteiger partial charge in [0.15, 0.2) is 11.5 Å². The van der Waals surface area contributed by atoms with Crippen molar-refractivity contribution in [1.82, 2.24) is 0 Å². The van der Waals surface area contributed by atoms with Crippen molar-refractivity contribution >= 4 is 11.9 Å². The molecule has 1 aliphatic heterocycles. The fourth-order valence-corrected chi connectivity index (χ4v) is 3.77. The molecule has 1 aromatic carbocycles. The zero-order valence-corrected chi connectivity index (χ0v) is 13.9. The molecule has 0 radical (unpaired) electrons. The van der Waals surface area contributed by atoms with Gasteiger partial charge < -0.3 is 19.9 Å². The van der Waals surface area contributed by atoms with Crippen LogP contribution in [0, 0.1) is 17.3 Å². The van der Waals surface area contributed by atoms with E-state index in [1.54, 1.807) is 20.3 Å². The summed E-state index contributed by atoms with van der Waals surface area (Å²) < 4.78 is 17.0. The molecule has 3 atom stereocenters. The lowest BCUT2D eigenvalue weighted by atomic mass is 9.85. The van der Waals surface area contributed by atoms with E-state index < -0.39 is 0 Å². The molecule has 0 amide bonds. The normalized spacial score (nSPS) is 30.0. The van der Waals surface area contributed by atoms with Gasteiger partial charge in [0, 0.05) is 34.9 Å². The Morgan fingerprint density at radius 3 is 2.67 bits per heavy atom. The summed E-state index contributed by atoms with van der Waals surface area (Å²) in [5.41, 5.74) is 7.41. The molecule has 4 rings (SSSR count). The molecule has 2 unspecified atom stereocenters. The first-order valence-corrected chi connectivity index (χ1v) is 7.95. The fourth-order valence-electron chi connectivity index (χ4n) is 3.77. The third-order valence-electron chi connectivity index (χ3n) is 5.18. The van der Waals surface area contributed by atoms with Gasteiger partial charge in [0.2, 0.25) is 5.88 Å². The van der Waals surface area contributed by atoms with Crippen LogP contribution in [0.4, 0.5) is 5.69 Å². The van der Waals surface area contributed by atoms with E-state index in [1.807, 2.05) is 30.5 Å². The minimum atomic E-state index is -0.120. The highest BCUT2D eigenvalue weighted by atomic mass is 16.5. The van der Waals surface area contributed by atoms with Crippen molar-refractivity contribution < 1.29 is 14.2 Å². The average molecular weight is 324 g/mol. The van der Waals surface area contributed by atoms with Gasteiger partial charge in [0.25, 0.3) is 0 Å². The largest absolute Gasteiger partial charge is 0.493 e. The first-order valence-electron chi connectivity index (χ1n) is 7.95. The predicted molar refractivity (Wildman–Crippen MR) is 92.3 cm³/mol. The summed E-state index contributed by atoms with van der Waals surface area (Å²) in [4.78, 5) is 4.55. The van der Waals surface area contributed by atoms with E-state index in [1.165, 1.54) is 0 Å². The molecule has 3 aliphatic rings. The van der Waals surface area contributed by atoms with Crippen molar-refractivity contribution in [2.75, 3.05) is 20.0 Å². The van der Waals surface area contributed by atoms with E-state index in [0.717, 1.165) is 11.3 Å². The number of nitrogen functional groups attached to an aromatic ring is 1. The lowest BCUT2D eigenvalue weighted by Gasteiger charge is -2.26. The summed E-state index contributed by atoms with van der Waals surface area (Å²) in [5, 5.41) is 0. The van der Waals surface area contributed by atoms with Crippen LogP contribution in [0.15, 0.2) is 64.4 Å². The quantitative estimate of drug-likeness (QED) is 0.863. The van der Waals surface area contributed by atoms with Gasteiger partial charge in [0.05, 0.1) is 14.2 Å². The molecule has 1 aromatic rings. The molecule has 1 saturated carbocycles. The molecular formula is C19H20N2O3. The molecule has 0 aromatic heterocycles. The van der Waals surface area contributed by atoms with E-state index in [9.17, 15) is 0 Å². The van der Waals surface area contributed by atoms with Crippen molar-refractivity contribution in [2.24, 2.45) is 22.2 Å². The van der Waals surface area contributed by atoms with Crippen molar-refractivity contribution in [1.29, 1.82) is 0 Å². The highest BCUT2D eigenvalue weighted by Crippen LogP contribution is 2.67. The summed E-state index contributed by atoms with van der Waals surface area (Å²) in [6, 6.07) is 7.35.